The molecule has 2 aliphatic heterocycles. The van der Waals surface area contributed by atoms with Crippen LogP contribution in [0, 0.1) is 0 Å². The monoisotopic (exact) mass is 772 g/mol. The van der Waals surface area contributed by atoms with Crippen molar-refractivity contribution in [1.29, 1.82) is 0 Å². The molecular weight excluding hydrogens is 721 g/mol. The molecule has 2 heterocycles. The van der Waals surface area contributed by atoms with Crippen LogP contribution in [-0.2, 0) is 75.7 Å². The van der Waals surface area contributed by atoms with Gasteiger partial charge in [-0.2, -0.15) is 0 Å². The fourth-order valence-electron chi connectivity index (χ4n) is 6.95. The summed E-state index contributed by atoms with van der Waals surface area (Å²) in [7, 11) is 0. The SMILES string of the molecule is C=CCO[C@@H]1[C@@H](OCc2ccccc2)[C@@H](O[C@@H]2[C@@H](OCc3ccccc3)[C@@H](OCc3ccccc3)OC[C@H]2OCc2ccccc2)O[C@H]1COCc1ccccc1. The minimum Gasteiger partial charge on any atom is -0.374 e. The maximum atomic E-state index is 7.12. The predicted octanol–water partition coefficient (Wildman–Crippen LogP) is 8.21. The molecule has 5 aromatic rings. The van der Waals surface area contributed by atoms with Crippen LogP contribution >= 0.6 is 0 Å². The third kappa shape index (κ3) is 12.0. The highest BCUT2D eigenvalue weighted by molar-refractivity contribution is 5.17. The van der Waals surface area contributed by atoms with Gasteiger partial charge < -0.3 is 42.6 Å². The van der Waals surface area contributed by atoms with E-state index in [1.807, 2.05) is 152 Å². The Labute approximate surface area is 336 Å². The van der Waals surface area contributed by atoms with Gasteiger partial charge >= 0.3 is 0 Å². The molecule has 2 fully saturated rings. The first-order chi connectivity index (χ1) is 28.2. The Morgan fingerprint density at radius 1 is 0.474 bits per heavy atom. The van der Waals surface area contributed by atoms with Gasteiger partial charge in [0.2, 0.25) is 0 Å². The van der Waals surface area contributed by atoms with Crippen LogP contribution in [0.1, 0.15) is 27.8 Å². The van der Waals surface area contributed by atoms with Gasteiger partial charge in [0.25, 0.3) is 0 Å². The van der Waals surface area contributed by atoms with E-state index < -0.39 is 49.2 Å². The van der Waals surface area contributed by atoms with Gasteiger partial charge in [0.05, 0.1) is 52.9 Å². The zero-order chi connectivity index (χ0) is 38.9. The molecule has 9 nitrogen and oxygen atoms in total. The lowest BCUT2D eigenvalue weighted by molar-refractivity contribution is -0.327. The molecule has 8 atom stereocenters. The van der Waals surface area contributed by atoms with Gasteiger partial charge in [0, 0.05) is 0 Å². The van der Waals surface area contributed by atoms with Gasteiger partial charge in [-0.1, -0.05) is 158 Å². The molecule has 0 amide bonds. The second-order valence-corrected chi connectivity index (χ2v) is 14.1. The normalized spacial score (nSPS) is 24.6. The van der Waals surface area contributed by atoms with Crippen molar-refractivity contribution in [1.82, 2.24) is 0 Å². The third-order valence-corrected chi connectivity index (χ3v) is 9.88. The van der Waals surface area contributed by atoms with Gasteiger partial charge in [0.15, 0.2) is 12.6 Å². The van der Waals surface area contributed by atoms with Gasteiger partial charge in [-0.05, 0) is 27.8 Å². The number of hydrogen-bond acceptors (Lipinski definition) is 9. The molecule has 7 rings (SSSR count). The minimum atomic E-state index is -0.891. The summed E-state index contributed by atoms with van der Waals surface area (Å²) in [5, 5.41) is 0. The smallest absolute Gasteiger partial charge is 0.187 e. The zero-order valence-electron chi connectivity index (χ0n) is 32.2. The standard InChI is InChI=1S/C48H52O9/c1-2-28-50-43-42(34-49-29-36-18-8-3-9-19-36)56-48(45(43)52-31-38-22-12-5-13-23-38)57-44-41(51-30-37-20-10-4-11-21-37)35-55-47(54-33-40-26-16-7-17-27-40)46(44)53-32-39-24-14-6-15-25-39/h2-27,41-48H,1,28-35H2/t41-,42+,43+,44+,45-,46-,47+,48-/m1/s1. The Kier molecular flexibility index (Phi) is 15.6. The lowest BCUT2D eigenvalue weighted by atomic mass is 10.0. The van der Waals surface area contributed by atoms with Crippen LogP contribution in [0.3, 0.4) is 0 Å². The highest BCUT2D eigenvalue weighted by atomic mass is 16.8. The van der Waals surface area contributed by atoms with Crippen molar-refractivity contribution in [3.63, 3.8) is 0 Å². The average Bonchev–Trinajstić information content (AvgIpc) is 3.59. The molecule has 0 bridgehead atoms. The molecule has 2 saturated heterocycles. The van der Waals surface area contributed by atoms with Crippen LogP contribution < -0.4 is 0 Å². The van der Waals surface area contributed by atoms with Crippen LogP contribution in [0.2, 0.25) is 0 Å². The molecule has 0 N–H and O–H groups in total. The second-order valence-electron chi connectivity index (χ2n) is 14.1. The Hall–Kier alpha value is -4.52. The summed E-state index contributed by atoms with van der Waals surface area (Å²) in [5.74, 6) is 0. The van der Waals surface area contributed by atoms with Crippen molar-refractivity contribution in [3.05, 3.63) is 192 Å². The Morgan fingerprint density at radius 2 is 0.912 bits per heavy atom. The Bertz CT molecular complexity index is 1850. The molecule has 298 valence electrons. The Balaban J connectivity index is 1.18. The molecule has 0 aromatic heterocycles. The number of rotatable bonds is 21. The van der Waals surface area contributed by atoms with Gasteiger partial charge in [-0.3, -0.25) is 0 Å². The highest BCUT2D eigenvalue weighted by Crippen LogP contribution is 2.34. The number of ether oxygens (including phenoxy) is 9. The topological polar surface area (TPSA) is 83.1 Å². The van der Waals surface area contributed by atoms with Crippen molar-refractivity contribution in [2.24, 2.45) is 0 Å². The van der Waals surface area contributed by atoms with E-state index in [0.717, 1.165) is 27.8 Å². The first-order valence-electron chi connectivity index (χ1n) is 19.6. The van der Waals surface area contributed by atoms with Crippen molar-refractivity contribution >= 4 is 0 Å². The van der Waals surface area contributed by atoms with Gasteiger partial charge in [-0.25, -0.2) is 0 Å². The molecule has 2 aliphatic rings. The van der Waals surface area contributed by atoms with Crippen LogP contribution in [0.15, 0.2) is 164 Å². The van der Waals surface area contributed by atoms with Crippen molar-refractivity contribution in [3.8, 4) is 0 Å². The predicted molar refractivity (Wildman–Crippen MR) is 216 cm³/mol. The molecule has 5 aromatic carbocycles. The molecule has 0 aliphatic carbocycles. The highest BCUT2D eigenvalue weighted by Gasteiger charge is 2.52. The molecule has 0 unspecified atom stereocenters. The van der Waals surface area contributed by atoms with Gasteiger partial charge in [-0.15, -0.1) is 6.58 Å². The summed E-state index contributed by atoms with van der Waals surface area (Å²) >= 11 is 0. The van der Waals surface area contributed by atoms with Crippen LogP contribution in [0.25, 0.3) is 0 Å². The van der Waals surface area contributed by atoms with E-state index in [-0.39, 0.29) is 13.2 Å². The molecule has 0 spiro atoms. The van der Waals surface area contributed by atoms with E-state index >= 15 is 0 Å². The molecule has 9 heteroatoms. The van der Waals surface area contributed by atoms with E-state index in [0.29, 0.717) is 39.6 Å². The van der Waals surface area contributed by atoms with Crippen LogP contribution in [-0.4, -0.2) is 69.0 Å². The first-order valence-corrected chi connectivity index (χ1v) is 19.6. The summed E-state index contributed by atoms with van der Waals surface area (Å²) in [6.07, 6.45) is -3.63. The lowest BCUT2D eigenvalue weighted by Gasteiger charge is -2.43. The van der Waals surface area contributed by atoms with Crippen LogP contribution in [0.5, 0.6) is 0 Å². The second kappa shape index (κ2) is 21.9. The zero-order valence-corrected chi connectivity index (χ0v) is 32.2. The largest absolute Gasteiger partial charge is 0.374 e. The third-order valence-electron chi connectivity index (χ3n) is 9.88. The van der Waals surface area contributed by atoms with E-state index in [1.165, 1.54) is 0 Å². The summed E-state index contributed by atoms with van der Waals surface area (Å²) < 4.78 is 59.6. The number of hydrogen-bond donors (Lipinski definition) is 0. The molecule has 0 saturated carbocycles. The first kappa shape index (κ1) is 40.7. The summed E-state index contributed by atoms with van der Waals surface area (Å²) in [6, 6.07) is 50.1. The van der Waals surface area contributed by atoms with Gasteiger partial charge in [0.1, 0.15) is 36.6 Å². The minimum absolute atomic E-state index is 0.199. The van der Waals surface area contributed by atoms with E-state index in [9.17, 15) is 0 Å². The van der Waals surface area contributed by atoms with Crippen molar-refractivity contribution < 1.29 is 42.6 Å². The van der Waals surface area contributed by atoms with E-state index in [4.69, 9.17) is 42.6 Å². The summed E-state index contributed by atoms with van der Waals surface area (Å²) in [6.45, 7) is 6.34. The fraction of sp³-hybridized carbons (Fsp3) is 0.333. The fourth-order valence-corrected chi connectivity index (χ4v) is 6.95. The van der Waals surface area contributed by atoms with Crippen molar-refractivity contribution in [2.75, 3.05) is 19.8 Å². The van der Waals surface area contributed by atoms with Crippen molar-refractivity contribution in [2.45, 2.75) is 82.2 Å². The summed E-state index contributed by atoms with van der Waals surface area (Å²) in [5.41, 5.74) is 5.10. The number of benzene rings is 5. The molecule has 0 radical (unpaired) electrons. The van der Waals surface area contributed by atoms with Crippen LogP contribution in [0.4, 0.5) is 0 Å². The average molecular weight is 773 g/mol. The van der Waals surface area contributed by atoms with E-state index in [1.54, 1.807) is 6.08 Å². The lowest BCUT2D eigenvalue weighted by Crippen LogP contribution is -2.58. The maximum Gasteiger partial charge on any atom is 0.187 e. The molecule has 57 heavy (non-hydrogen) atoms. The maximum absolute atomic E-state index is 7.12. The van der Waals surface area contributed by atoms with E-state index in [2.05, 4.69) is 6.58 Å². The Morgan fingerprint density at radius 3 is 1.40 bits per heavy atom. The molecular formula is C48H52O9. The summed E-state index contributed by atoms with van der Waals surface area (Å²) in [4.78, 5) is 0. The quantitative estimate of drug-likeness (QED) is 0.0686.